The molecule has 3 rings (SSSR count). The predicted molar refractivity (Wildman–Crippen MR) is 132 cm³/mol. The van der Waals surface area contributed by atoms with Gasteiger partial charge in [0.05, 0.1) is 6.61 Å². The second-order valence-electron chi connectivity index (χ2n) is 11.4. The largest absolute Gasteiger partial charge is 0.384 e. The van der Waals surface area contributed by atoms with E-state index >= 15 is 0 Å². The second-order valence-corrected chi connectivity index (χ2v) is 11.4. The predicted octanol–water partition coefficient (Wildman–Crippen LogP) is 7.98. The van der Waals surface area contributed by atoms with E-state index in [4.69, 9.17) is 9.47 Å². The molecule has 0 bridgehead atoms. The van der Waals surface area contributed by atoms with Crippen molar-refractivity contribution in [2.45, 2.75) is 98.8 Å². The Morgan fingerprint density at radius 3 is 2.68 bits per heavy atom. The lowest BCUT2D eigenvalue weighted by Gasteiger charge is -2.34. The van der Waals surface area contributed by atoms with E-state index in [2.05, 4.69) is 40.7 Å². The quantitative estimate of drug-likeness (QED) is 0.244. The highest BCUT2D eigenvalue weighted by molar-refractivity contribution is 5.37. The number of ether oxygens (including phenoxy) is 2. The third-order valence-electron chi connectivity index (χ3n) is 8.85. The Balaban J connectivity index is 1.67. The van der Waals surface area contributed by atoms with Crippen LogP contribution in [0.15, 0.2) is 22.8 Å². The van der Waals surface area contributed by atoms with Crippen LogP contribution in [0.5, 0.6) is 0 Å². The molecule has 0 radical (unpaired) electrons. The molecule has 3 aliphatic rings. The van der Waals surface area contributed by atoms with Gasteiger partial charge in [-0.1, -0.05) is 70.3 Å². The summed E-state index contributed by atoms with van der Waals surface area (Å²) in [5.41, 5.74) is 5.59. The Morgan fingerprint density at radius 2 is 1.94 bits per heavy atom. The summed E-state index contributed by atoms with van der Waals surface area (Å²) in [5, 5.41) is 0. The van der Waals surface area contributed by atoms with Gasteiger partial charge in [-0.3, -0.25) is 0 Å². The van der Waals surface area contributed by atoms with Crippen LogP contribution in [-0.2, 0) is 9.47 Å². The van der Waals surface area contributed by atoms with E-state index in [0.717, 1.165) is 31.7 Å². The number of allylic oxidation sites excluding steroid dienone is 3. The van der Waals surface area contributed by atoms with Crippen molar-refractivity contribution < 1.29 is 9.47 Å². The number of fused-ring (bicyclic) bond motifs is 2. The van der Waals surface area contributed by atoms with Gasteiger partial charge in [-0.05, 0) is 75.0 Å². The standard InChI is InChI=1S/C29H50O2/c1-7-8-9-21(2)19-31-17-15-23(4)26-14-16-29(5)18-27-24(20-30-6)11-12-25(27)22(3)10-13-28(26)29/h18,21-25H,7-17,19-20H2,1-6H3/b27-18-. The maximum Gasteiger partial charge on any atom is 0.0527 e. The number of rotatable bonds is 11. The minimum atomic E-state index is 0.281. The van der Waals surface area contributed by atoms with E-state index in [-0.39, 0.29) is 5.41 Å². The average molecular weight is 431 g/mol. The smallest absolute Gasteiger partial charge is 0.0527 e. The third-order valence-corrected chi connectivity index (χ3v) is 8.85. The average Bonchev–Trinajstić information content (AvgIpc) is 3.27. The van der Waals surface area contributed by atoms with Crippen molar-refractivity contribution in [2.24, 2.45) is 35.0 Å². The van der Waals surface area contributed by atoms with Crippen molar-refractivity contribution in [3.63, 3.8) is 0 Å². The minimum Gasteiger partial charge on any atom is -0.384 e. The molecule has 3 aliphatic carbocycles. The first-order chi connectivity index (χ1) is 14.9. The molecule has 31 heavy (non-hydrogen) atoms. The molecule has 0 amide bonds. The lowest BCUT2D eigenvalue weighted by molar-refractivity contribution is 0.0937. The van der Waals surface area contributed by atoms with Gasteiger partial charge in [-0.25, -0.2) is 0 Å². The minimum absolute atomic E-state index is 0.281. The molecule has 0 N–H and O–H groups in total. The van der Waals surface area contributed by atoms with Gasteiger partial charge in [0.15, 0.2) is 0 Å². The van der Waals surface area contributed by atoms with Gasteiger partial charge in [0.2, 0.25) is 0 Å². The normalized spacial score (nSPS) is 34.5. The highest BCUT2D eigenvalue weighted by Gasteiger charge is 2.42. The van der Waals surface area contributed by atoms with Crippen LogP contribution in [0.4, 0.5) is 0 Å². The third kappa shape index (κ3) is 6.05. The van der Waals surface area contributed by atoms with Crippen LogP contribution in [0.1, 0.15) is 98.8 Å². The highest BCUT2D eigenvalue weighted by Crippen LogP contribution is 2.54. The van der Waals surface area contributed by atoms with Crippen LogP contribution in [0.25, 0.3) is 0 Å². The van der Waals surface area contributed by atoms with E-state index in [1.807, 2.05) is 7.11 Å². The summed E-state index contributed by atoms with van der Waals surface area (Å²) < 4.78 is 11.7. The summed E-state index contributed by atoms with van der Waals surface area (Å²) in [6, 6.07) is 0. The van der Waals surface area contributed by atoms with Gasteiger partial charge in [0, 0.05) is 31.7 Å². The molecule has 0 aromatic heterocycles. The molecule has 6 atom stereocenters. The first-order valence-corrected chi connectivity index (χ1v) is 13.4. The molecule has 6 unspecified atom stereocenters. The summed E-state index contributed by atoms with van der Waals surface area (Å²) in [6.07, 6.45) is 15.8. The van der Waals surface area contributed by atoms with Crippen LogP contribution in [-0.4, -0.2) is 26.9 Å². The number of hydrogen-bond donors (Lipinski definition) is 0. The maximum atomic E-state index is 6.09. The Bertz CT molecular complexity index is 633. The van der Waals surface area contributed by atoms with E-state index in [9.17, 15) is 0 Å². The van der Waals surface area contributed by atoms with Crippen LogP contribution >= 0.6 is 0 Å². The van der Waals surface area contributed by atoms with Crippen molar-refractivity contribution in [3.05, 3.63) is 22.8 Å². The SMILES string of the molecule is CCCCC(C)COCCC(C)C1=C2CCC(C)C3CCC(COC)/C3=C/C2(C)CC1. The molecule has 2 nitrogen and oxygen atoms in total. The summed E-state index contributed by atoms with van der Waals surface area (Å²) in [7, 11) is 1.87. The number of unbranched alkanes of at least 4 members (excludes halogenated alkanes) is 1. The Labute approximate surface area is 193 Å². The summed E-state index contributed by atoms with van der Waals surface area (Å²) in [4.78, 5) is 0. The monoisotopic (exact) mass is 430 g/mol. The molecule has 0 saturated heterocycles. The van der Waals surface area contributed by atoms with Crippen LogP contribution in [0.2, 0.25) is 0 Å². The zero-order valence-electron chi connectivity index (χ0n) is 21.5. The van der Waals surface area contributed by atoms with Gasteiger partial charge in [-0.2, -0.15) is 0 Å². The zero-order valence-corrected chi connectivity index (χ0v) is 21.5. The Hall–Kier alpha value is -0.600. The van der Waals surface area contributed by atoms with Gasteiger partial charge in [-0.15, -0.1) is 0 Å². The molecule has 0 heterocycles. The molecule has 1 fully saturated rings. The summed E-state index contributed by atoms with van der Waals surface area (Å²) in [6.45, 7) is 14.9. The van der Waals surface area contributed by atoms with E-state index in [0.29, 0.717) is 17.8 Å². The van der Waals surface area contributed by atoms with Crippen LogP contribution in [0.3, 0.4) is 0 Å². The lowest BCUT2D eigenvalue weighted by atomic mass is 9.71. The molecule has 0 aliphatic heterocycles. The van der Waals surface area contributed by atoms with Gasteiger partial charge in [0.1, 0.15) is 0 Å². The fraction of sp³-hybridized carbons (Fsp3) is 0.862. The lowest BCUT2D eigenvalue weighted by Crippen LogP contribution is -2.23. The first-order valence-electron chi connectivity index (χ1n) is 13.4. The summed E-state index contributed by atoms with van der Waals surface area (Å²) in [5.74, 6) is 3.60. The van der Waals surface area contributed by atoms with Crippen molar-refractivity contribution >= 4 is 0 Å². The first kappa shape index (κ1) is 25.0. The van der Waals surface area contributed by atoms with Crippen LogP contribution < -0.4 is 0 Å². The summed E-state index contributed by atoms with van der Waals surface area (Å²) >= 11 is 0. The van der Waals surface area contributed by atoms with Gasteiger partial charge >= 0.3 is 0 Å². The number of hydrogen-bond acceptors (Lipinski definition) is 2. The fourth-order valence-electron chi connectivity index (χ4n) is 6.74. The molecule has 2 heteroatoms. The van der Waals surface area contributed by atoms with Gasteiger partial charge in [0.25, 0.3) is 0 Å². The topological polar surface area (TPSA) is 18.5 Å². The molecule has 178 valence electrons. The van der Waals surface area contributed by atoms with Crippen molar-refractivity contribution in [1.29, 1.82) is 0 Å². The van der Waals surface area contributed by atoms with Crippen LogP contribution in [0, 0.1) is 35.0 Å². The van der Waals surface area contributed by atoms with Crippen molar-refractivity contribution in [3.8, 4) is 0 Å². The van der Waals surface area contributed by atoms with Gasteiger partial charge < -0.3 is 9.47 Å². The molecular formula is C29H50O2. The number of methoxy groups -OCH3 is 1. The zero-order chi connectivity index (χ0) is 22.4. The van der Waals surface area contributed by atoms with E-state index in [1.165, 1.54) is 64.2 Å². The Kier molecular flexibility index (Phi) is 9.29. The highest BCUT2D eigenvalue weighted by atomic mass is 16.5. The Morgan fingerprint density at radius 1 is 1.13 bits per heavy atom. The van der Waals surface area contributed by atoms with E-state index in [1.54, 1.807) is 16.7 Å². The molecule has 0 aromatic rings. The fourth-order valence-corrected chi connectivity index (χ4v) is 6.74. The van der Waals surface area contributed by atoms with E-state index < -0.39 is 0 Å². The van der Waals surface area contributed by atoms with Crippen molar-refractivity contribution in [1.82, 2.24) is 0 Å². The molecular weight excluding hydrogens is 380 g/mol. The maximum absolute atomic E-state index is 6.09. The van der Waals surface area contributed by atoms with Crippen molar-refractivity contribution in [2.75, 3.05) is 26.9 Å². The second kappa shape index (κ2) is 11.5. The molecule has 1 saturated carbocycles. The molecule has 0 spiro atoms. The molecule has 0 aromatic carbocycles.